The lowest BCUT2D eigenvalue weighted by Gasteiger charge is -2.13. The van der Waals surface area contributed by atoms with Crippen LogP contribution < -0.4 is 4.74 Å². The first-order valence-corrected chi connectivity index (χ1v) is 8.41. The van der Waals surface area contributed by atoms with Gasteiger partial charge in [0.2, 0.25) is 0 Å². The average molecular weight is 362 g/mol. The molecule has 1 aliphatic carbocycles. The third-order valence-corrected chi connectivity index (χ3v) is 5.07. The molecule has 0 aromatic heterocycles. The van der Waals surface area contributed by atoms with Crippen LogP contribution in [-0.2, 0) is 22.1 Å². The third kappa shape index (κ3) is 3.04. The molecule has 0 radical (unpaired) electrons. The second kappa shape index (κ2) is 6.04. The van der Waals surface area contributed by atoms with Crippen LogP contribution in [0.1, 0.15) is 40.7 Å². The van der Waals surface area contributed by atoms with Crippen LogP contribution in [0, 0.1) is 5.92 Å². The van der Waals surface area contributed by atoms with Gasteiger partial charge in [-0.15, -0.1) is 0 Å². The zero-order chi connectivity index (χ0) is 18.5. The molecule has 2 aromatic rings. The number of alkyl halides is 3. The van der Waals surface area contributed by atoms with Gasteiger partial charge in [-0.05, 0) is 47.2 Å². The zero-order valence-corrected chi connectivity index (χ0v) is 14.0. The van der Waals surface area contributed by atoms with Crippen LogP contribution in [0.25, 0.3) is 0 Å². The van der Waals surface area contributed by atoms with Gasteiger partial charge in [0.05, 0.1) is 18.6 Å². The minimum absolute atomic E-state index is 0.0976. The number of fused-ring (bicyclic) bond motifs is 1. The summed E-state index contributed by atoms with van der Waals surface area (Å²) >= 11 is 0. The van der Waals surface area contributed by atoms with E-state index in [1.54, 1.807) is 6.07 Å². The fourth-order valence-corrected chi connectivity index (χ4v) is 3.58. The summed E-state index contributed by atoms with van der Waals surface area (Å²) in [6.07, 6.45) is -3.52. The zero-order valence-electron chi connectivity index (χ0n) is 14.0. The molecule has 3 unspecified atom stereocenters. The van der Waals surface area contributed by atoms with Gasteiger partial charge in [0.1, 0.15) is 11.9 Å². The Morgan fingerprint density at radius 3 is 2.69 bits per heavy atom. The standard InChI is InChI=1S/C20H17F3O3/c1-25-19(24)16-10-15(16)11-5-6-17-13(7-11)9-18(26-17)12-3-2-4-14(8-12)20(21,22)23/h2-8,15-16,18H,9-10H2,1H3. The molecule has 136 valence electrons. The van der Waals surface area contributed by atoms with Crippen molar-refractivity contribution in [3.8, 4) is 5.75 Å². The summed E-state index contributed by atoms with van der Waals surface area (Å²) < 4.78 is 49.4. The Bertz CT molecular complexity index is 860. The van der Waals surface area contributed by atoms with Gasteiger partial charge in [0.15, 0.2) is 0 Å². The van der Waals surface area contributed by atoms with Crippen molar-refractivity contribution in [2.24, 2.45) is 5.92 Å². The van der Waals surface area contributed by atoms with Gasteiger partial charge in [0, 0.05) is 6.42 Å². The minimum atomic E-state index is -4.37. The summed E-state index contributed by atoms with van der Waals surface area (Å²) in [5.74, 6) is 0.542. The van der Waals surface area contributed by atoms with E-state index in [2.05, 4.69) is 0 Å². The lowest BCUT2D eigenvalue weighted by Crippen LogP contribution is -2.08. The summed E-state index contributed by atoms with van der Waals surface area (Å²) in [6, 6.07) is 11.0. The van der Waals surface area contributed by atoms with E-state index >= 15 is 0 Å². The van der Waals surface area contributed by atoms with Crippen LogP contribution in [-0.4, -0.2) is 13.1 Å². The molecule has 6 heteroatoms. The fraction of sp³-hybridized carbons (Fsp3) is 0.350. The maximum absolute atomic E-state index is 12.9. The Kier molecular flexibility index (Phi) is 3.93. The highest BCUT2D eigenvalue weighted by molar-refractivity contribution is 5.77. The molecule has 1 fully saturated rings. The number of rotatable bonds is 3. The molecule has 3 nitrogen and oxygen atoms in total. The van der Waals surface area contributed by atoms with Crippen molar-refractivity contribution in [3.05, 3.63) is 64.7 Å². The summed E-state index contributed by atoms with van der Waals surface area (Å²) in [7, 11) is 1.38. The molecule has 3 atom stereocenters. The summed E-state index contributed by atoms with van der Waals surface area (Å²) in [5, 5.41) is 0. The summed E-state index contributed by atoms with van der Waals surface area (Å²) in [5.41, 5.74) is 1.85. The highest BCUT2D eigenvalue weighted by Gasteiger charge is 2.45. The number of carbonyl (C=O) groups excluding carboxylic acids is 1. The quantitative estimate of drug-likeness (QED) is 0.745. The SMILES string of the molecule is COC(=O)C1CC1c1ccc2c(c1)CC(c1cccc(C(F)(F)F)c1)O2. The number of methoxy groups -OCH3 is 1. The molecule has 1 saturated carbocycles. The molecule has 0 amide bonds. The van der Waals surface area contributed by atoms with E-state index in [1.165, 1.54) is 13.2 Å². The van der Waals surface area contributed by atoms with Gasteiger partial charge in [-0.3, -0.25) is 4.79 Å². The van der Waals surface area contributed by atoms with Crippen molar-refractivity contribution in [3.63, 3.8) is 0 Å². The van der Waals surface area contributed by atoms with Gasteiger partial charge in [-0.2, -0.15) is 13.2 Å². The maximum atomic E-state index is 12.9. The summed E-state index contributed by atoms with van der Waals surface area (Å²) in [6.45, 7) is 0. The van der Waals surface area contributed by atoms with E-state index in [1.807, 2.05) is 18.2 Å². The van der Waals surface area contributed by atoms with E-state index in [-0.39, 0.29) is 17.8 Å². The van der Waals surface area contributed by atoms with Crippen LogP contribution in [0.3, 0.4) is 0 Å². The normalized spacial score (nSPS) is 23.9. The molecule has 0 spiro atoms. The molecule has 4 rings (SSSR count). The van der Waals surface area contributed by atoms with E-state index in [9.17, 15) is 18.0 Å². The Balaban J connectivity index is 1.52. The van der Waals surface area contributed by atoms with Gasteiger partial charge < -0.3 is 9.47 Å². The lowest BCUT2D eigenvalue weighted by atomic mass is 9.99. The van der Waals surface area contributed by atoms with Gasteiger partial charge in [0.25, 0.3) is 0 Å². The van der Waals surface area contributed by atoms with E-state index in [0.717, 1.165) is 29.7 Å². The molecule has 2 aliphatic rings. The minimum Gasteiger partial charge on any atom is -0.485 e. The van der Waals surface area contributed by atoms with Gasteiger partial charge >= 0.3 is 12.1 Å². The highest BCUT2D eigenvalue weighted by atomic mass is 19.4. The first kappa shape index (κ1) is 16.9. The molecule has 26 heavy (non-hydrogen) atoms. The Hall–Kier alpha value is -2.50. The molecule has 0 bridgehead atoms. The van der Waals surface area contributed by atoms with Gasteiger partial charge in [-0.25, -0.2) is 0 Å². The van der Waals surface area contributed by atoms with Crippen molar-refractivity contribution in [2.45, 2.75) is 31.0 Å². The maximum Gasteiger partial charge on any atom is 0.416 e. The number of halogens is 3. The van der Waals surface area contributed by atoms with Crippen molar-refractivity contribution in [1.29, 1.82) is 0 Å². The molecule has 1 heterocycles. The van der Waals surface area contributed by atoms with Crippen molar-refractivity contribution in [1.82, 2.24) is 0 Å². The molecule has 0 saturated heterocycles. The molecule has 2 aromatic carbocycles. The summed E-state index contributed by atoms with van der Waals surface area (Å²) in [4.78, 5) is 11.6. The Labute approximate surface area is 148 Å². The van der Waals surface area contributed by atoms with Crippen molar-refractivity contribution >= 4 is 5.97 Å². The second-order valence-corrected chi connectivity index (χ2v) is 6.77. The monoisotopic (exact) mass is 362 g/mol. The van der Waals surface area contributed by atoms with Gasteiger partial charge in [-0.1, -0.05) is 24.3 Å². The van der Waals surface area contributed by atoms with E-state index in [4.69, 9.17) is 9.47 Å². The van der Waals surface area contributed by atoms with Crippen LogP contribution in [0.5, 0.6) is 5.75 Å². The molecular formula is C20H17F3O3. The lowest BCUT2D eigenvalue weighted by molar-refractivity contribution is -0.142. The number of esters is 1. The highest BCUT2D eigenvalue weighted by Crippen LogP contribution is 2.50. The number of benzene rings is 2. The predicted octanol–water partition coefficient (Wildman–Crippen LogP) is 4.66. The molecule has 0 N–H and O–H groups in total. The first-order valence-electron chi connectivity index (χ1n) is 8.41. The second-order valence-electron chi connectivity index (χ2n) is 6.77. The van der Waals surface area contributed by atoms with E-state index < -0.39 is 17.8 Å². The number of ether oxygens (including phenoxy) is 2. The third-order valence-electron chi connectivity index (χ3n) is 5.07. The van der Waals surface area contributed by atoms with Crippen molar-refractivity contribution < 1.29 is 27.4 Å². The fourth-order valence-electron chi connectivity index (χ4n) is 3.58. The van der Waals surface area contributed by atoms with E-state index in [0.29, 0.717) is 17.7 Å². The number of hydrogen-bond acceptors (Lipinski definition) is 3. The van der Waals surface area contributed by atoms with Crippen molar-refractivity contribution in [2.75, 3.05) is 7.11 Å². The predicted molar refractivity (Wildman–Crippen MR) is 87.8 cm³/mol. The van der Waals surface area contributed by atoms with Crippen LogP contribution >= 0.6 is 0 Å². The van der Waals surface area contributed by atoms with Crippen LogP contribution in [0.4, 0.5) is 13.2 Å². The average Bonchev–Trinajstić information content (AvgIpc) is 3.31. The van der Waals surface area contributed by atoms with Crippen LogP contribution in [0.2, 0.25) is 0 Å². The van der Waals surface area contributed by atoms with Crippen LogP contribution in [0.15, 0.2) is 42.5 Å². The topological polar surface area (TPSA) is 35.5 Å². The molecular weight excluding hydrogens is 345 g/mol. The number of carbonyl (C=O) groups is 1. The largest absolute Gasteiger partial charge is 0.485 e. The molecule has 1 aliphatic heterocycles. The Morgan fingerprint density at radius 2 is 1.96 bits per heavy atom. The Morgan fingerprint density at radius 1 is 1.15 bits per heavy atom. The number of hydrogen-bond donors (Lipinski definition) is 0. The smallest absolute Gasteiger partial charge is 0.416 e. The first-order chi connectivity index (χ1) is 12.4.